The van der Waals surface area contributed by atoms with Crippen LogP contribution in [0.4, 0.5) is 8.78 Å². The Bertz CT molecular complexity index is 4590. The van der Waals surface area contributed by atoms with Crippen molar-refractivity contribution in [2.45, 2.75) is 56.7 Å². The molecule has 0 spiro atoms. The zero-order valence-electron chi connectivity index (χ0n) is 53.7. The molecule has 0 unspecified atom stereocenters. The number of rotatable bonds is 18. The van der Waals surface area contributed by atoms with Crippen LogP contribution in [0.5, 0.6) is 34.5 Å². The van der Waals surface area contributed by atoms with Gasteiger partial charge in [0.05, 0.1) is 58.1 Å². The summed E-state index contributed by atoms with van der Waals surface area (Å²) in [6.07, 6.45) is 13.8. The first-order chi connectivity index (χ1) is 47.8. The maximum absolute atomic E-state index is 13.4. The maximum atomic E-state index is 13.4. The summed E-state index contributed by atoms with van der Waals surface area (Å²) in [5.74, 6) is -1.17. The number of aromatic nitrogens is 6. The van der Waals surface area contributed by atoms with Crippen LogP contribution in [0.15, 0.2) is 196 Å². The number of amides is 6. The second-order valence-corrected chi connectivity index (χ2v) is 23.3. The zero-order valence-corrected chi connectivity index (χ0v) is 53.7. The average molecular weight is 1340 g/mol. The molecule has 25 heteroatoms. The number of halogens is 2. The van der Waals surface area contributed by atoms with Crippen LogP contribution in [0.2, 0.25) is 0 Å². The Morgan fingerprint density at radius 1 is 0.434 bits per heavy atom. The topological polar surface area (TPSA) is 319 Å². The molecule has 3 aromatic heterocycles. The van der Waals surface area contributed by atoms with Crippen molar-refractivity contribution in [2.24, 2.45) is 17.2 Å². The second-order valence-electron chi connectivity index (χ2n) is 23.3. The number of nitrogens with zero attached hydrogens (tertiary/aromatic N) is 11. The average Bonchev–Trinajstić information content (AvgIpc) is 1.67. The van der Waals surface area contributed by atoms with E-state index >= 15 is 0 Å². The molecule has 3 atom stereocenters. The van der Waals surface area contributed by atoms with Crippen molar-refractivity contribution in [3.05, 3.63) is 236 Å². The number of hydrogen-bond donors (Lipinski definition) is 3. The van der Waals surface area contributed by atoms with Crippen LogP contribution in [0.3, 0.4) is 0 Å². The third kappa shape index (κ3) is 17.0. The van der Waals surface area contributed by atoms with Gasteiger partial charge in [0.1, 0.15) is 51.6 Å². The molecule has 9 aromatic rings. The van der Waals surface area contributed by atoms with Crippen molar-refractivity contribution >= 4 is 35.4 Å². The van der Waals surface area contributed by atoms with E-state index in [2.05, 4.69) is 47.2 Å². The molecule has 99 heavy (non-hydrogen) atoms. The highest BCUT2D eigenvalue weighted by Gasteiger charge is 2.30. The van der Waals surface area contributed by atoms with Gasteiger partial charge in [-0.2, -0.15) is 25.8 Å². The summed E-state index contributed by atoms with van der Waals surface area (Å²) in [6, 6.07) is 41.9. The van der Waals surface area contributed by atoms with E-state index < -0.39 is 29.4 Å². The first kappa shape index (κ1) is 69.1. The normalized spacial score (nSPS) is 15.6. The van der Waals surface area contributed by atoms with Gasteiger partial charge in [-0.1, -0.05) is 25.8 Å². The van der Waals surface area contributed by atoms with Crippen molar-refractivity contribution < 1.29 is 51.8 Å². The van der Waals surface area contributed by atoms with Crippen LogP contribution in [0.25, 0.3) is 33.8 Å². The first-order valence-electron chi connectivity index (χ1n) is 31.5. The second kappa shape index (κ2) is 31.6. The fourth-order valence-corrected chi connectivity index (χ4v) is 11.6. The third-order valence-electron chi connectivity index (χ3n) is 16.7. The summed E-state index contributed by atoms with van der Waals surface area (Å²) in [7, 11) is 0. The van der Waals surface area contributed by atoms with Crippen molar-refractivity contribution in [3.63, 3.8) is 0 Å². The molecule has 3 fully saturated rings. The van der Waals surface area contributed by atoms with Gasteiger partial charge >= 0.3 is 0 Å². The highest BCUT2D eigenvalue weighted by atomic mass is 19.2. The van der Waals surface area contributed by atoms with Crippen LogP contribution in [0, 0.1) is 34.3 Å². The molecule has 0 saturated carbocycles. The van der Waals surface area contributed by atoms with Gasteiger partial charge in [-0.15, -0.1) is 0 Å². The number of carbonyl (C=O) groups is 6. The van der Waals surface area contributed by atoms with Crippen LogP contribution in [-0.2, 0) is 14.4 Å². The summed E-state index contributed by atoms with van der Waals surface area (Å²) in [5, 5.41) is 31.8. The van der Waals surface area contributed by atoms with Gasteiger partial charge in [0.25, 0.3) is 17.7 Å². The van der Waals surface area contributed by atoms with Gasteiger partial charge in [0.2, 0.25) is 17.7 Å². The minimum absolute atomic E-state index is 0.0477. The Kier molecular flexibility index (Phi) is 22.1. The van der Waals surface area contributed by atoms with E-state index in [-0.39, 0.29) is 47.2 Å². The lowest BCUT2D eigenvalue weighted by atomic mass is 10.1. The first-order valence-corrected chi connectivity index (χ1v) is 31.5. The van der Waals surface area contributed by atoms with Crippen molar-refractivity contribution in [2.75, 3.05) is 39.3 Å². The van der Waals surface area contributed by atoms with E-state index in [0.29, 0.717) is 113 Å². The molecular formula is C74H68F2N14O9. The number of nitrogens with two attached hydrogens (primary N) is 3. The Morgan fingerprint density at radius 2 is 0.758 bits per heavy atom. The summed E-state index contributed by atoms with van der Waals surface area (Å²) >= 11 is 0. The number of carbonyl (C=O) groups excluding carboxylic acids is 6. The van der Waals surface area contributed by atoms with Crippen LogP contribution >= 0.6 is 0 Å². The molecule has 502 valence electrons. The van der Waals surface area contributed by atoms with E-state index in [0.717, 1.165) is 61.8 Å². The molecule has 12 rings (SSSR count). The minimum Gasteiger partial charge on any atom is -0.457 e. The van der Waals surface area contributed by atoms with E-state index in [1.165, 1.54) is 24.3 Å². The van der Waals surface area contributed by atoms with Crippen molar-refractivity contribution in [1.82, 2.24) is 44.0 Å². The molecule has 6 aromatic carbocycles. The third-order valence-corrected chi connectivity index (χ3v) is 16.7. The molecule has 0 radical (unpaired) electrons. The van der Waals surface area contributed by atoms with Crippen LogP contribution in [0.1, 0.15) is 98.9 Å². The smallest absolute Gasteiger partial charge is 0.252 e. The highest BCUT2D eigenvalue weighted by molar-refractivity contribution is 6.00. The largest absolute Gasteiger partial charge is 0.457 e. The highest BCUT2D eigenvalue weighted by Crippen LogP contribution is 2.35. The molecule has 6 amide bonds. The maximum Gasteiger partial charge on any atom is 0.252 e. The zero-order chi connectivity index (χ0) is 70.3. The molecule has 0 bridgehead atoms. The molecule has 3 saturated heterocycles. The predicted octanol–water partition coefficient (Wildman–Crippen LogP) is 11.4. The predicted molar refractivity (Wildman–Crippen MR) is 363 cm³/mol. The molecule has 6 N–H and O–H groups in total. The number of benzene rings is 6. The summed E-state index contributed by atoms with van der Waals surface area (Å²) < 4.78 is 48.8. The monoisotopic (exact) mass is 1330 g/mol. The van der Waals surface area contributed by atoms with E-state index in [9.17, 15) is 37.5 Å². The lowest BCUT2D eigenvalue weighted by molar-refractivity contribution is -0.128. The van der Waals surface area contributed by atoms with Gasteiger partial charge in [0.15, 0.2) is 11.6 Å². The van der Waals surface area contributed by atoms with E-state index in [1.807, 2.05) is 12.1 Å². The Morgan fingerprint density at radius 3 is 1.08 bits per heavy atom. The Labute approximate surface area is 568 Å². The molecule has 23 nitrogen and oxygen atoms in total. The number of primary amides is 3. The fraction of sp³-hybridized carbons (Fsp3) is 0.203. The van der Waals surface area contributed by atoms with Crippen LogP contribution < -0.4 is 31.4 Å². The Hall–Kier alpha value is -12.8. The molecule has 3 aliphatic rings. The summed E-state index contributed by atoms with van der Waals surface area (Å²) in [4.78, 5) is 77.5. The molecular weight excluding hydrogens is 1270 g/mol. The number of hydrogen-bond acceptors (Lipinski definition) is 14. The van der Waals surface area contributed by atoms with Crippen molar-refractivity contribution in [3.8, 4) is 80.4 Å². The lowest BCUT2D eigenvalue weighted by Gasteiger charge is -2.32. The molecule has 0 aliphatic carbocycles. The minimum atomic E-state index is -1.00. The lowest BCUT2D eigenvalue weighted by Crippen LogP contribution is -2.40. The van der Waals surface area contributed by atoms with E-state index in [1.54, 1.807) is 157 Å². The summed E-state index contributed by atoms with van der Waals surface area (Å²) in [6.45, 7) is 14.1. The molecule has 6 heterocycles. The number of piperidine rings is 3. The van der Waals surface area contributed by atoms with Gasteiger partial charge in [-0.25, -0.2) is 8.78 Å². The quantitative estimate of drug-likeness (QED) is 0.0673. The Balaban J connectivity index is 0.000000161. The van der Waals surface area contributed by atoms with Gasteiger partial charge in [0, 0.05) is 80.6 Å². The number of ether oxygens (including phenoxy) is 3. The van der Waals surface area contributed by atoms with Crippen molar-refractivity contribution in [1.29, 1.82) is 10.5 Å². The SMILES string of the molecule is C=CC(=O)N1CCC[C@@H](n2cc(C(N)=O)c(-c3ccc(Oc4ccc(C#N)cc4)cc3)n2)C1.C=CC(=O)N1CCC[C@@H](n2cc(C(N)=O)c(-c3ccc(Oc4ccc(F)c(F)c4)cc3)n2)C1.C=CC(=O)N1CCC[C@@H](n2cc(C(N)=O)c(-c3ccc(Oc4cccc(C#N)c4)cc3)n2)C1. The van der Waals surface area contributed by atoms with Crippen LogP contribution in [-0.4, -0.2) is 119 Å². The molecule has 3 aliphatic heterocycles. The van der Waals surface area contributed by atoms with Gasteiger partial charge in [-0.05, 0) is 184 Å². The van der Waals surface area contributed by atoms with E-state index in [4.69, 9.17) is 41.9 Å². The van der Waals surface area contributed by atoms with Gasteiger partial charge < -0.3 is 46.1 Å². The van der Waals surface area contributed by atoms with Gasteiger partial charge in [-0.3, -0.25) is 42.8 Å². The standard InChI is InChI=1S/2C25H23N5O3.C24H22F2N4O3/c1-2-23(31)29-12-4-6-19(15-29)30-16-22(25(27)32)24(28-30)18-8-10-20(11-9-18)33-21-7-3-5-17(13-21)14-26;1-2-23(31)29-13-3-4-19(15-29)30-16-22(25(27)32)24(28-30)18-7-11-21(12-8-18)33-20-9-5-17(14-26)6-10-20;1-2-22(31)29-11-3-4-16(13-29)30-14-19(24(27)32)23(28-30)15-5-7-17(8-6-15)33-18-9-10-20(25)21(26)12-18/h2-3,5,7-11,13,16,19H,1,4,6,12,15H2,(H2,27,32);2,5-12,16,19H,1,3-4,13,15H2,(H2,27,32);2,5-10,12,14,16H,1,3-4,11,13H2,(H2,27,32)/t2*19-;16-/m111/s1. The number of likely N-dealkylation sites (tertiary alicyclic amines) is 3. The number of nitriles is 2. The fourth-order valence-electron chi connectivity index (χ4n) is 11.6. The summed E-state index contributed by atoms with van der Waals surface area (Å²) in [5.41, 5.74) is 22.3.